The van der Waals surface area contributed by atoms with Crippen LogP contribution in [0.2, 0.25) is 0 Å². The summed E-state index contributed by atoms with van der Waals surface area (Å²) in [5.41, 5.74) is 2.48. The Balaban J connectivity index is 2.23. The summed E-state index contributed by atoms with van der Waals surface area (Å²) in [4.78, 5) is 11.7. The second kappa shape index (κ2) is 2.71. The molecule has 0 unspecified atom stereocenters. The summed E-state index contributed by atoms with van der Waals surface area (Å²) in [6, 6.07) is 8.22. The highest BCUT2D eigenvalue weighted by molar-refractivity contribution is 5.88. The van der Waals surface area contributed by atoms with Crippen LogP contribution in [0.5, 0.6) is 0 Å². The van der Waals surface area contributed by atoms with Gasteiger partial charge in [0.05, 0.1) is 5.92 Å². The van der Waals surface area contributed by atoms with E-state index in [0.717, 1.165) is 6.54 Å². The van der Waals surface area contributed by atoms with Crippen LogP contribution in [0.1, 0.15) is 23.0 Å². The molecule has 1 aromatic rings. The molecule has 1 aliphatic carbocycles. The number of carbonyl (C=O) groups is 1. The van der Waals surface area contributed by atoms with E-state index in [4.69, 9.17) is 0 Å². The highest BCUT2D eigenvalue weighted by Crippen LogP contribution is 2.35. The van der Waals surface area contributed by atoms with Gasteiger partial charge < -0.3 is 5.32 Å². The fraction of sp³-hybridized carbons (Fsp3) is 0.250. The summed E-state index contributed by atoms with van der Waals surface area (Å²) in [6.07, 6.45) is 4.17. The zero-order valence-corrected chi connectivity index (χ0v) is 7.73. The Kier molecular flexibility index (Phi) is 1.51. The quantitative estimate of drug-likeness (QED) is 0.610. The minimum atomic E-state index is -0.0649. The molecule has 0 radical (unpaired) electrons. The average molecular weight is 185 g/mol. The van der Waals surface area contributed by atoms with Gasteiger partial charge in [-0.1, -0.05) is 36.4 Å². The van der Waals surface area contributed by atoms with E-state index in [1.54, 1.807) is 0 Å². The van der Waals surface area contributed by atoms with Crippen molar-refractivity contribution in [2.75, 3.05) is 6.54 Å². The molecule has 70 valence electrons. The van der Waals surface area contributed by atoms with Gasteiger partial charge in [-0.3, -0.25) is 4.79 Å². The number of hydrogen-bond donors (Lipinski definition) is 1. The zero-order chi connectivity index (χ0) is 9.54. The highest BCUT2D eigenvalue weighted by Gasteiger charge is 2.30. The third-order valence-electron chi connectivity index (χ3n) is 3.05. The Bertz CT molecular complexity index is 422. The maximum absolute atomic E-state index is 11.7. The molecule has 0 fully saturated rings. The summed E-state index contributed by atoms with van der Waals surface area (Å²) in [5.74, 6) is 0.438. The van der Waals surface area contributed by atoms with Crippen molar-refractivity contribution in [3.05, 3.63) is 47.5 Å². The molecule has 0 saturated heterocycles. The van der Waals surface area contributed by atoms with Gasteiger partial charge >= 0.3 is 0 Å². The minimum Gasteiger partial charge on any atom is -0.354 e. The van der Waals surface area contributed by atoms with Crippen molar-refractivity contribution in [1.82, 2.24) is 5.32 Å². The summed E-state index contributed by atoms with van der Waals surface area (Å²) < 4.78 is 0. The molecule has 1 N–H and O–H groups in total. The molecule has 2 aliphatic heterocycles. The lowest BCUT2D eigenvalue weighted by molar-refractivity contribution is -0.121. The van der Waals surface area contributed by atoms with E-state index in [-0.39, 0.29) is 11.8 Å². The Hall–Kier alpha value is -1.57. The number of carbonyl (C=O) groups excluding carboxylic acids is 1. The lowest BCUT2D eigenvalue weighted by atomic mass is 9.83. The first kappa shape index (κ1) is 7.80. The zero-order valence-electron chi connectivity index (χ0n) is 7.73. The van der Waals surface area contributed by atoms with Gasteiger partial charge in [0.1, 0.15) is 0 Å². The molecule has 0 spiro atoms. The Morgan fingerprint density at radius 1 is 1.14 bits per heavy atom. The van der Waals surface area contributed by atoms with E-state index < -0.39 is 0 Å². The molecule has 3 aliphatic rings. The maximum Gasteiger partial charge on any atom is 0.231 e. The molecular weight excluding hydrogens is 174 g/mol. The van der Waals surface area contributed by atoms with E-state index in [9.17, 15) is 4.79 Å². The van der Waals surface area contributed by atoms with Crippen LogP contribution >= 0.6 is 0 Å². The molecule has 14 heavy (non-hydrogen) atoms. The van der Waals surface area contributed by atoms with E-state index in [1.165, 1.54) is 11.1 Å². The van der Waals surface area contributed by atoms with Gasteiger partial charge in [0.15, 0.2) is 0 Å². The second-order valence-electron chi connectivity index (χ2n) is 3.84. The maximum atomic E-state index is 11.7. The molecule has 0 saturated carbocycles. The Labute approximate surface area is 82.6 Å². The molecular formula is C12H11NO. The molecule has 2 heterocycles. The van der Waals surface area contributed by atoms with Crippen molar-refractivity contribution < 1.29 is 4.79 Å². The molecule has 1 aromatic carbocycles. The first-order chi connectivity index (χ1) is 6.86. The van der Waals surface area contributed by atoms with Gasteiger partial charge in [-0.05, 0) is 11.1 Å². The van der Waals surface area contributed by atoms with Gasteiger partial charge in [-0.2, -0.15) is 0 Å². The van der Waals surface area contributed by atoms with Gasteiger partial charge in [0.2, 0.25) is 5.91 Å². The van der Waals surface area contributed by atoms with Crippen LogP contribution in [-0.4, -0.2) is 12.5 Å². The second-order valence-corrected chi connectivity index (χ2v) is 3.84. The number of rotatable bonds is 0. The standard InChI is InChI=1S/C12H11NO/c14-12-11-6-5-8(7-13-12)9-3-1-2-4-10(9)11/h1-6,8,11H,7H2,(H,13,14)/t8-,11-/m1/s1. The SMILES string of the molecule is O=C1NC[C@H]2C=C[C@@H]1c1ccccc12. The molecule has 2 heteroatoms. The smallest absolute Gasteiger partial charge is 0.231 e. The minimum absolute atomic E-state index is 0.0649. The average Bonchev–Trinajstić information content (AvgIpc) is 2.49. The van der Waals surface area contributed by atoms with Crippen LogP contribution in [0.15, 0.2) is 36.4 Å². The fourth-order valence-corrected chi connectivity index (χ4v) is 2.31. The van der Waals surface area contributed by atoms with Crippen LogP contribution in [-0.2, 0) is 4.79 Å². The van der Waals surface area contributed by atoms with Crippen molar-refractivity contribution in [2.24, 2.45) is 0 Å². The van der Waals surface area contributed by atoms with E-state index in [2.05, 4.69) is 23.5 Å². The van der Waals surface area contributed by atoms with Crippen LogP contribution in [0, 0.1) is 0 Å². The molecule has 4 rings (SSSR count). The number of amides is 1. The fourth-order valence-electron chi connectivity index (χ4n) is 2.31. The monoisotopic (exact) mass is 185 g/mol. The van der Waals surface area contributed by atoms with Crippen LogP contribution in [0.3, 0.4) is 0 Å². The first-order valence-electron chi connectivity index (χ1n) is 4.91. The summed E-state index contributed by atoms with van der Waals surface area (Å²) in [5, 5.41) is 2.95. The first-order valence-corrected chi connectivity index (χ1v) is 4.91. The van der Waals surface area contributed by atoms with Crippen LogP contribution in [0.4, 0.5) is 0 Å². The number of hydrogen-bond acceptors (Lipinski definition) is 1. The van der Waals surface area contributed by atoms with E-state index in [1.807, 2.05) is 18.2 Å². The summed E-state index contributed by atoms with van der Waals surface area (Å²) >= 11 is 0. The lowest BCUT2D eigenvalue weighted by Gasteiger charge is -2.19. The third-order valence-corrected chi connectivity index (χ3v) is 3.05. The van der Waals surface area contributed by atoms with E-state index in [0.29, 0.717) is 5.92 Å². The molecule has 1 amide bonds. The largest absolute Gasteiger partial charge is 0.354 e. The number of benzene rings is 1. The van der Waals surface area contributed by atoms with Crippen molar-refractivity contribution in [3.63, 3.8) is 0 Å². The number of fused-ring (bicyclic) bond motifs is 2. The van der Waals surface area contributed by atoms with Crippen molar-refractivity contribution in [2.45, 2.75) is 11.8 Å². The van der Waals surface area contributed by atoms with Gasteiger partial charge in [-0.15, -0.1) is 0 Å². The van der Waals surface area contributed by atoms with Crippen LogP contribution < -0.4 is 5.32 Å². The highest BCUT2D eigenvalue weighted by atomic mass is 16.1. The molecule has 0 aromatic heterocycles. The molecule has 2 bridgehead atoms. The topological polar surface area (TPSA) is 29.1 Å². The van der Waals surface area contributed by atoms with Gasteiger partial charge in [0.25, 0.3) is 0 Å². The third kappa shape index (κ3) is 0.939. The predicted octanol–water partition coefficient (Wildman–Crippen LogP) is 1.55. The van der Waals surface area contributed by atoms with Crippen LogP contribution in [0.25, 0.3) is 0 Å². The molecule has 2 atom stereocenters. The Morgan fingerprint density at radius 3 is 2.79 bits per heavy atom. The number of nitrogens with one attached hydrogen (secondary N) is 1. The normalized spacial score (nSPS) is 28.1. The molecule has 2 nitrogen and oxygen atoms in total. The summed E-state index contributed by atoms with van der Waals surface area (Å²) in [6.45, 7) is 0.739. The van der Waals surface area contributed by atoms with Crippen molar-refractivity contribution >= 4 is 5.91 Å². The summed E-state index contributed by atoms with van der Waals surface area (Å²) in [7, 11) is 0. The van der Waals surface area contributed by atoms with Crippen molar-refractivity contribution in [3.8, 4) is 0 Å². The van der Waals surface area contributed by atoms with E-state index >= 15 is 0 Å². The predicted molar refractivity (Wildman–Crippen MR) is 54.1 cm³/mol. The van der Waals surface area contributed by atoms with Gasteiger partial charge in [0, 0.05) is 12.5 Å². The Morgan fingerprint density at radius 2 is 1.93 bits per heavy atom. The lowest BCUT2D eigenvalue weighted by Crippen LogP contribution is -2.26. The van der Waals surface area contributed by atoms with Gasteiger partial charge in [-0.25, -0.2) is 0 Å². The van der Waals surface area contributed by atoms with Crippen molar-refractivity contribution in [1.29, 1.82) is 0 Å².